The fraction of sp³-hybridized carbons (Fsp3) is 0. The summed E-state index contributed by atoms with van der Waals surface area (Å²) in [5.74, 6) is 0. The van der Waals surface area contributed by atoms with Gasteiger partial charge in [-0.1, -0.05) is 30.3 Å². The summed E-state index contributed by atoms with van der Waals surface area (Å²) in [6, 6.07) is 20.3. The Morgan fingerprint density at radius 2 is 1.74 bits per heavy atom. The molecule has 2 heterocycles. The molecule has 0 amide bonds. The van der Waals surface area contributed by atoms with Crippen LogP contribution in [-0.2, 0) is 0 Å². The molecule has 0 radical (unpaired) electrons. The maximum atomic E-state index is 4.71. The van der Waals surface area contributed by atoms with Crippen LogP contribution < -0.4 is 5.32 Å². The van der Waals surface area contributed by atoms with Crippen LogP contribution >= 0.6 is 27.3 Å². The smallest absolute Gasteiger partial charge is 0.143 e. The van der Waals surface area contributed by atoms with Crippen molar-refractivity contribution in [1.82, 2.24) is 9.97 Å². The normalized spacial score (nSPS) is 10.8. The molecule has 4 aromatic rings. The Morgan fingerprint density at radius 3 is 2.61 bits per heavy atom. The summed E-state index contributed by atoms with van der Waals surface area (Å²) in [5, 5.41) is 3.40. The van der Waals surface area contributed by atoms with Crippen LogP contribution in [0, 0.1) is 0 Å². The van der Waals surface area contributed by atoms with Crippen molar-refractivity contribution < 1.29 is 0 Å². The van der Waals surface area contributed by atoms with Crippen LogP contribution in [0.3, 0.4) is 0 Å². The van der Waals surface area contributed by atoms with E-state index in [2.05, 4.69) is 38.4 Å². The summed E-state index contributed by atoms with van der Waals surface area (Å²) >= 11 is 5.08. The van der Waals surface area contributed by atoms with Crippen LogP contribution in [0.15, 0.2) is 70.6 Å². The average molecular weight is 382 g/mol. The van der Waals surface area contributed by atoms with Crippen molar-refractivity contribution in [3.63, 3.8) is 0 Å². The van der Waals surface area contributed by atoms with Crippen molar-refractivity contribution in [2.24, 2.45) is 0 Å². The fourth-order valence-corrected chi connectivity index (χ4v) is 3.76. The third-order valence-electron chi connectivity index (χ3n) is 3.43. The van der Waals surface area contributed by atoms with E-state index in [1.54, 1.807) is 11.3 Å². The van der Waals surface area contributed by atoms with Crippen LogP contribution in [0.25, 0.3) is 21.6 Å². The van der Waals surface area contributed by atoms with Gasteiger partial charge in [-0.15, -0.1) is 11.3 Å². The zero-order valence-corrected chi connectivity index (χ0v) is 14.4. The van der Waals surface area contributed by atoms with Gasteiger partial charge >= 0.3 is 0 Å². The molecule has 0 bridgehead atoms. The monoisotopic (exact) mass is 381 g/mol. The van der Waals surface area contributed by atoms with Crippen LogP contribution in [0.2, 0.25) is 0 Å². The first kappa shape index (κ1) is 14.4. The third kappa shape index (κ3) is 3.11. The quantitative estimate of drug-likeness (QED) is 0.482. The van der Waals surface area contributed by atoms with Gasteiger partial charge in [0.15, 0.2) is 0 Å². The minimum absolute atomic E-state index is 0.878. The molecular weight excluding hydrogens is 370 g/mol. The minimum atomic E-state index is 0.878. The number of halogens is 1. The Bertz CT molecular complexity index is 966. The summed E-state index contributed by atoms with van der Waals surface area (Å²) < 4.78 is 1.05. The molecule has 0 saturated carbocycles. The van der Waals surface area contributed by atoms with E-state index in [1.165, 1.54) is 0 Å². The van der Waals surface area contributed by atoms with Gasteiger partial charge in [0.05, 0.1) is 15.7 Å². The number of thiophene rings is 1. The van der Waals surface area contributed by atoms with Crippen molar-refractivity contribution in [2.45, 2.75) is 0 Å². The van der Waals surface area contributed by atoms with E-state index in [4.69, 9.17) is 4.98 Å². The molecule has 3 nitrogen and oxygen atoms in total. The van der Waals surface area contributed by atoms with Gasteiger partial charge in [0.1, 0.15) is 10.3 Å². The predicted octanol–water partition coefficient (Wildman–Crippen LogP) is 5.86. The molecule has 0 saturated heterocycles. The van der Waals surface area contributed by atoms with Crippen LogP contribution in [0.4, 0.5) is 11.4 Å². The standard InChI is InChI=1S/C18H12BrN3S/c19-17-10-15-18(23-17)22-16(11-20-15)12-5-4-8-14(9-12)21-13-6-2-1-3-7-13/h1-11,21H. The molecule has 23 heavy (non-hydrogen) atoms. The number of aromatic nitrogens is 2. The number of hydrogen-bond acceptors (Lipinski definition) is 4. The molecule has 0 unspecified atom stereocenters. The first-order valence-corrected chi connectivity index (χ1v) is 8.73. The van der Waals surface area contributed by atoms with Crippen LogP contribution in [0.5, 0.6) is 0 Å². The second-order valence-corrected chi connectivity index (χ2v) is 7.48. The van der Waals surface area contributed by atoms with E-state index >= 15 is 0 Å². The molecule has 0 spiro atoms. The zero-order valence-electron chi connectivity index (χ0n) is 12.0. The second kappa shape index (κ2) is 6.10. The molecule has 2 aromatic carbocycles. The highest BCUT2D eigenvalue weighted by atomic mass is 79.9. The second-order valence-electron chi connectivity index (χ2n) is 5.07. The van der Waals surface area contributed by atoms with Gasteiger partial charge in [-0.05, 0) is 46.3 Å². The average Bonchev–Trinajstić information content (AvgIpc) is 2.95. The zero-order chi connectivity index (χ0) is 15.6. The highest BCUT2D eigenvalue weighted by Crippen LogP contribution is 2.29. The lowest BCUT2D eigenvalue weighted by molar-refractivity contribution is 1.31. The lowest BCUT2D eigenvalue weighted by atomic mass is 10.1. The van der Waals surface area contributed by atoms with E-state index in [0.29, 0.717) is 0 Å². The molecule has 0 atom stereocenters. The minimum Gasteiger partial charge on any atom is -0.356 e. The number of nitrogens with zero attached hydrogens (tertiary/aromatic N) is 2. The Hall–Kier alpha value is -2.24. The molecule has 0 aliphatic rings. The van der Waals surface area contributed by atoms with Crippen molar-refractivity contribution in [2.75, 3.05) is 5.32 Å². The van der Waals surface area contributed by atoms with Crippen molar-refractivity contribution >= 4 is 49.0 Å². The number of anilines is 2. The van der Waals surface area contributed by atoms with Gasteiger partial charge in [-0.25, -0.2) is 4.98 Å². The Morgan fingerprint density at radius 1 is 0.913 bits per heavy atom. The maximum Gasteiger partial charge on any atom is 0.143 e. The predicted molar refractivity (Wildman–Crippen MR) is 100 cm³/mol. The summed E-state index contributed by atoms with van der Waals surface area (Å²) in [6.45, 7) is 0. The topological polar surface area (TPSA) is 37.8 Å². The lowest BCUT2D eigenvalue weighted by Gasteiger charge is -2.08. The largest absolute Gasteiger partial charge is 0.356 e. The number of rotatable bonds is 3. The van der Waals surface area contributed by atoms with Gasteiger partial charge in [0, 0.05) is 16.9 Å². The van der Waals surface area contributed by atoms with Crippen molar-refractivity contribution in [3.05, 3.63) is 70.6 Å². The SMILES string of the molecule is Brc1cc2ncc(-c3cccc(Nc4ccccc4)c3)nc2s1. The number of nitrogens with one attached hydrogen (secondary N) is 1. The summed E-state index contributed by atoms with van der Waals surface area (Å²) in [4.78, 5) is 10.1. The number of hydrogen-bond donors (Lipinski definition) is 1. The number of benzene rings is 2. The van der Waals surface area contributed by atoms with Crippen LogP contribution in [0.1, 0.15) is 0 Å². The summed E-state index contributed by atoms with van der Waals surface area (Å²) in [5.41, 5.74) is 4.94. The molecule has 0 aliphatic carbocycles. The Labute approximate surface area is 146 Å². The van der Waals surface area contributed by atoms with E-state index < -0.39 is 0 Å². The highest BCUT2D eigenvalue weighted by molar-refractivity contribution is 9.11. The van der Waals surface area contributed by atoms with Gasteiger partial charge in [0.25, 0.3) is 0 Å². The van der Waals surface area contributed by atoms with Gasteiger partial charge in [-0.3, -0.25) is 4.98 Å². The Kier molecular flexibility index (Phi) is 3.81. The van der Waals surface area contributed by atoms with Crippen molar-refractivity contribution in [3.8, 4) is 11.3 Å². The lowest BCUT2D eigenvalue weighted by Crippen LogP contribution is -1.91. The molecule has 5 heteroatoms. The third-order valence-corrected chi connectivity index (χ3v) is 4.95. The summed E-state index contributed by atoms with van der Waals surface area (Å²) in [6.07, 6.45) is 1.82. The molecule has 2 aromatic heterocycles. The molecule has 112 valence electrons. The van der Waals surface area contributed by atoms with Crippen molar-refractivity contribution in [1.29, 1.82) is 0 Å². The van der Waals surface area contributed by atoms with Gasteiger partial charge < -0.3 is 5.32 Å². The van der Waals surface area contributed by atoms with Gasteiger partial charge in [0.2, 0.25) is 0 Å². The molecule has 4 rings (SSSR count). The fourth-order valence-electron chi connectivity index (χ4n) is 2.37. The number of fused-ring (bicyclic) bond motifs is 1. The first-order chi connectivity index (χ1) is 11.3. The molecule has 0 aliphatic heterocycles. The van der Waals surface area contributed by atoms with Gasteiger partial charge in [-0.2, -0.15) is 0 Å². The van der Waals surface area contributed by atoms with E-state index in [0.717, 1.165) is 36.8 Å². The van der Waals surface area contributed by atoms with Crippen LogP contribution in [-0.4, -0.2) is 9.97 Å². The van der Waals surface area contributed by atoms with E-state index in [1.807, 2.05) is 54.7 Å². The molecular formula is C18H12BrN3S. The van der Waals surface area contributed by atoms with E-state index in [-0.39, 0.29) is 0 Å². The first-order valence-electron chi connectivity index (χ1n) is 7.12. The highest BCUT2D eigenvalue weighted by Gasteiger charge is 2.06. The molecule has 0 fully saturated rings. The maximum absolute atomic E-state index is 4.71. The summed E-state index contributed by atoms with van der Waals surface area (Å²) in [7, 11) is 0. The molecule has 1 N–H and O–H groups in total. The Balaban J connectivity index is 1.69. The van der Waals surface area contributed by atoms with E-state index in [9.17, 15) is 0 Å². The number of para-hydroxylation sites is 1.